The van der Waals surface area contributed by atoms with Crippen LogP contribution in [0.3, 0.4) is 0 Å². The van der Waals surface area contributed by atoms with Crippen molar-refractivity contribution >= 4 is 23.3 Å². The molecule has 2 nitrogen and oxygen atoms in total. The third kappa shape index (κ3) is 18.1. The maximum absolute atomic E-state index is 8.81. The molecule has 1 heterocycles. The Morgan fingerprint density at radius 3 is 1.98 bits per heavy atom. The molecule has 1 N–H and O–H groups in total. The Morgan fingerprint density at radius 2 is 1.59 bits per heavy atom. The van der Waals surface area contributed by atoms with Crippen LogP contribution in [0.5, 0.6) is 0 Å². The number of aldehydes is 1. The Morgan fingerprint density at radius 1 is 1.00 bits per heavy atom. The average Bonchev–Trinajstić information content (AvgIpc) is 3.32. The van der Waals surface area contributed by atoms with Gasteiger partial charge in [0.2, 0.25) is 0 Å². The van der Waals surface area contributed by atoms with Crippen molar-refractivity contribution < 1.29 is 4.79 Å². The van der Waals surface area contributed by atoms with Crippen molar-refractivity contribution in [3.63, 3.8) is 0 Å². The minimum absolute atomic E-state index is 0.550. The van der Waals surface area contributed by atoms with Gasteiger partial charge < -0.3 is 9.78 Å². The number of hydrogen-bond donors (Lipinski definition) is 1. The summed E-state index contributed by atoms with van der Waals surface area (Å²) in [5.41, 5.74) is 6.01. The molecule has 0 bridgehead atoms. The number of aryl methyl sites for hydroxylation is 1. The molecule has 1 aromatic heterocycles. The molecule has 1 aliphatic rings. The molecule has 1 fully saturated rings. The van der Waals surface area contributed by atoms with E-state index in [0.29, 0.717) is 11.3 Å². The van der Waals surface area contributed by atoms with Crippen LogP contribution in [0.15, 0.2) is 37.4 Å². The quantitative estimate of drug-likeness (QED) is 0.237. The zero-order valence-corrected chi connectivity index (χ0v) is 29.3. The fraction of sp³-hybridized carbons (Fsp3) is 0.667. The molecule has 0 radical (unpaired) electrons. The largest absolute Gasteiger partial charge is 0.357 e. The number of aromatic nitrogens is 1. The lowest BCUT2D eigenvalue weighted by Crippen LogP contribution is -2.02. The first-order chi connectivity index (χ1) is 19.5. The second-order valence-corrected chi connectivity index (χ2v) is 12.8. The number of hydrogen-bond acceptors (Lipinski definition) is 1. The summed E-state index contributed by atoms with van der Waals surface area (Å²) in [7, 11) is 0. The molecule has 236 valence electrons. The second kappa shape index (κ2) is 24.5. The molecule has 2 aromatic rings. The van der Waals surface area contributed by atoms with Crippen molar-refractivity contribution in [1.29, 1.82) is 0 Å². The highest BCUT2D eigenvalue weighted by molar-refractivity contribution is 5.91. The van der Waals surface area contributed by atoms with Gasteiger partial charge in [-0.05, 0) is 79.7 Å². The molecule has 2 heteroatoms. The van der Waals surface area contributed by atoms with Gasteiger partial charge in [-0.3, -0.25) is 0 Å². The molecule has 0 saturated heterocycles. The summed E-state index contributed by atoms with van der Waals surface area (Å²) >= 11 is 0. The minimum Gasteiger partial charge on any atom is -0.357 e. The van der Waals surface area contributed by atoms with Crippen molar-refractivity contribution in [2.45, 2.75) is 153 Å². The van der Waals surface area contributed by atoms with Crippen molar-refractivity contribution in [3.8, 4) is 0 Å². The summed E-state index contributed by atoms with van der Waals surface area (Å²) in [5, 5.41) is 1.39. The Balaban J connectivity index is 0. The van der Waals surface area contributed by atoms with Crippen LogP contribution in [-0.4, -0.2) is 11.3 Å². The topological polar surface area (TPSA) is 32.9 Å². The van der Waals surface area contributed by atoms with Gasteiger partial charge >= 0.3 is 0 Å². The summed E-state index contributed by atoms with van der Waals surface area (Å²) in [6, 6.07) is 6.56. The van der Waals surface area contributed by atoms with Gasteiger partial charge in [0.05, 0.1) is 5.52 Å². The molecule has 1 aromatic carbocycles. The highest BCUT2D eigenvalue weighted by atomic mass is 16.1. The van der Waals surface area contributed by atoms with Gasteiger partial charge in [0.1, 0.15) is 6.29 Å². The van der Waals surface area contributed by atoms with Gasteiger partial charge in [-0.15, -0.1) is 6.58 Å². The smallest absolute Gasteiger partial charge is 0.116 e. The van der Waals surface area contributed by atoms with E-state index < -0.39 is 0 Å². The van der Waals surface area contributed by atoms with Crippen LogP contribution in [-0.2, 0) is 11.2 Å². The van der Waals surface area contributed by atoms with Gasteiger partial charge in [-0.2, -0.15) is 0 Å². The monoisotopic (exact) mass is 568 g/mol. The standard InChI is InChI=1S/C20H29N.C8H14.C7H16.C2H4O.C2H6/c1-6-8-11-17-18-12-9-10-16(7-2)20(18)21-19(17)15(5)13-14(3)4;1-2-8-6-4-3-5-7-8;1-5-6-7(2,3)4;1-2-3;1-2/h7,9-10,12,14-15,21H,2,6,8,11,13H2,1,3-5H3;2,8H,1,3-7H2;5-6H2,1-4H3;2H,1H3;1-2H3. The number of nitrogens with one attached hydrogen (secondary N) is 1. The lowest BCUT2D eigenvalue weighted by molar-refractivity contribution is -0.106. The van der Waals surface area contributed by atoms with Gasteiger partial charge in [0.15, 0.2) is 0 Å². The SMILES string of the molecule is C=CC1CCCCC1.C=Cc1cccc2c(CCCC)c(C(C)CC(C)C)[nH]c12.CC.CC=O.CCCC(C)(C)C. The van der Waals surface area contributed by atoms with Crippen molar-refractivity contribution in [2.75, 3.05) is 0 Å². The van der Waals surface area contributed by atoms with Crippen LogP contribution in [0.4, 0.5) is 0 Å². The third-order valence-electron chi connectivity index (χ3n) is 7.31. The minimum atomic E-state index is 0.550. The summed E-state index contributed by atoms with van der Waals surface area (Å²) in [6.45, 7) is 31.5. The molecule has 0 spiro atoms. The molecule has 1 saturated carbocycles. The van der Waals surface area contributed by atoms with Gasteiger partial charge in [-0.1, -0.05) is 138 Å². The Kier molecular flexibility index (Phi) is 24.5. The molecular weight excluding hydrogens is 498 g/mol. The number of carbonyl (C=O) groups is 1. The highest BCUT2D eigenvalue weighted by Gasteiger charge is 2.18. The van der Waals surface area contributed by atoms with Gasteiger partial charge in [-0.25, -0.2) is 0 Å². The van der Waals surface area contributed by atoms with E-state index >= 15 is 0 Å². The Labute approximate surface area is 256 Å². The van der Waals surface area contributed by atoms with Crippen LogP contribution < -0.4 is 0 Å². The van der Waals surface area contributed by atoms with E-state index in [1.54, 1.807) is 0 Å². The van der Waals surface area contributed by atoms with E-state index in [-0.39, 0.29) is 0 Å². The number of benzene rings is 1. The molecule has 3 rings (SSSR count). The molecular formula is C39H69NO. The van der Waals surface area contributed by atoms with Crippen molar-refractivity contribution in [1.82, 2.24) is 4.98 Å². The molecule has 1 aliphatic carbocycles. The number of aromatic amines is 1. The number of fused-ring (bicyclic) bond motifs is 1. The van der Waals surface area contributed by atoms with Crippen LogP contribution in [0.1, 0.15) is 163 Å². The molecule has 1 atom stereocenters. The van der Waals surface area contributed by atoms with E-state index in [1.807, 2.05) is 19.9 Å². The van der Waals surface area contributed by atoms with Crippen molar-refractivity contribution in [2.24, 2.45) is 17.3 Å². The fourth-order valence-electron chi connectivity index (χ4n) is 5.47. The summed E-state index contributed by atoms with van der Waals surface area (Å²) < 4.78 is 0. The maximum atomic E-state index is 8.81. The van der Waals surface area contributed by atoms with Crippen LogP contribution in [0.2, 0.25) is 0 Å². The molecule has 41 heavy (non-hydrogen) atoms. The van der Waals surface area contributed by atoms with E-state index in [1.165, 1.54) is 105 Å². The zero-order valence-electron chi connectivity index (χ0n) is 29.3. The first-order valence-electron chi connectivity index (χ1n) is 16.8. The number of allylic oxidation sites excluding steroid dienone is 1. The molecule has 0 aliphatic heterocycles. The number of carbonyl (C=O) groups excluding carboxylic acids is 1. The van der Waals surface area contributed by atoms with E-state index in [2.05, 4.69) is 97.8 Å². The van der Waals surface area contributed by atoms with Crippen LogP contribution in [0, 0.1) is 17.3 Å². The average molecular weight is 568 g/mol. The Hall–Kier alpha value is -2.09. The zero-order chi connectivity index (χ0) is 31.8. The first-order valence-corrected chi connectivity index (χ1v) is 16.8. The lowest BCUT2D eigenvalue weighted by atomic mass is 9.90. The highest BCUT2D eigenvalue weighted by Crippen LogP contribution is 2.34. The van der Waals surface area contributed by atoms with Gasteiger partial charge in [0, 0.05) is 11.1 Å². The van der Waals surface area contributed by atoms with Crippen LogP contribution >= 0.6 is 0 Å². The van der Waals surface area contributed by atoms with Gasteiger partial charge in [0.25, 0.3) is 0 Å². The summed E-state index contributed by atoms with van der Waals surface area (Å²) in [4.78, 5) is 12.5. The number of rotatable bonds is 9. The molecule has 0 amide bonds. The predicted molar refractivity (Wildman–Crippen MR) is 189 cm³/mol. The molecule has 1 unspecified atom stereocenters. The lowest BCUT2D eigenvalue weighted by Gasteiger charge is -2.16. The van der Waals surface area contributed by atoms with Crippen molar-refractivity contribution in [3.05, 3.63) is 54.3 Å². The number of unbranched alkanes of at least 4 members (excludes halogenated alkanes) is 1. The Bertz CT molecular complexity index is 921. The third-order valence-corrected chi connectivity index (χ3v) is 7.31. The normalized spacial score (nSPS) is 13.7. The second-order valence-electron chi connectivity index (χ2n) is 12.8. The number of para-hydroxylation sites is 1. The predicted octanol–water partition coefficient (Wildman–Crippen LogP) is 13.1. The first kappa shape index (κ1) is 41.0. The number of H-pyrrole nitrogens is 1. The fourth-order valence-corrected chi connectivity index (χ4v) is 5.47. The maximum Gasteiger partial charge on any atom is 0.116 e. The van der Waals surface area contributed by atoms with E-state index in [9.17, 15) is 0 Å². The van der Waals surface area contributed by atoms with E-state index in [0.717, 1.165) is 18.1 Å². The summed E-state index contributed by atoms with van der Waals surface area (Å²) in [5.74, 6) is 2.16. The van der Waals surface area contributed by atoms with Crippen LogP contribution in [0.25, 0.3) is 17.0 Å². The van der Waals surface area contributed by atoms with E-state index in [4.69, 9.17) is 4.79 Å². The summed E-state index contributed by atoms with van der Waals surface area (Å²) in [6.07, 6.45) is 19.5.